The van der Waals surface area contributed by atoms with E-state index in [4.69, 9.17) is 9.94 Å². The highest BCUT2D eigenvalue weighted by Gasteiger charge is 2.23. The van der Waals surface area contributed by atoms with E-state index < -0.39 is 0 Å². The first-order valence-electron chi connectivity index (χ1n) is 5.14. The second-order valence-electron chi connectivity index (χ2n) is 3.69. The minimum Gasteiger partial charge on any atom is -0.355 e. The summed E-state index contributed by atoms with van der Waals surface area (Å²) in [6, 6.07) is 0. The van der Waals surface area contributed by atoms with Crippen molar-refractivity contribution in [1.29, 1.82) is 0 Å². The number of hydroxylamine groups is 1. The Balaban J connectivity index is 2.49. The molecule has 2 unspecified atom stereocenters. The Kier molecular flexibility index (Phi) is 4.94. The molecular formula is C10H17N3O3. The number of nitrogens with zero attached hydrogens (tertiary/aromatic N) is 2. The zero-order valence-electron chi connectivity index (χ0n) is 9.46. The summed E-state index contributed by atoms with van der Waals surface area (Å²) >= 11 is 0. The highest BCUT2D eigenvalue weighted by atomic mass is 16.5. The number of amides is 1. The van der Waals surface area contributed by atoms with Crippen molar-refractivity contribution in [3.05, 3.63) is 12.3 Å². The molecule has 16 heavy (non-hydrogen) atoms. The summed E-state index contributed by atoms with van der Waals surface area (Å²) in [7, 11) is 1.87. The van der Waals surface area contributed by atoms with Crippen molar-refractivity contribution < 1.29 is 14.7 Å². The van der Waals surface area contributed by atoms with Crippen LogP contribution < -0.4 is 5.48 Å². The summed E-state index contributed by atoms with van der Waals surface area (Å²) < 4.78 is 5.63. The molecule has 1 heterocycles. The molecule has 2 atom stereocenters. The Morgan fingerprint density at radius 1 is 1.62 bits per heavy atom. The molecule has 0 saturated carbocycles. The van der Waals surface area contributed by atoms with Crippen molar-refractivity contribution in [2.24, 2.45) is 4.99 Å². The molecule has 0 aliphatic carbocycles. The van der Waals surface area contributed by atoms with Gasteiger partial charge in [-0.2, -0.15) is 4.99 Å². The van der Waals surface area contributed by atoms with Gasteiger partial charge in [-0.15, -0.1) is 0 Å². The number of amidine groups is 1. The first-order chi connectivity index (χ1) is 7.67. The Hall–Kier alpha value is -1.40. The molecule has 90 valence electrons. The minimum atomic E-state index is 0.0439. The molecule has 2 N–H and O–H groups in total. The van der Waals surface area contributed by atoms with Crippen LogP contribution in [0.15, 0.2) is 17.3 Å². The molecule has 0 bridgehead atoms. The van der Waals surface area contributed by atoms with Crippen LogP contribution in [0.2, 0.25) is 0 Å². The minimum absolute atomic E-state index is 0.0439. The van der Waals surface area contributed by atoms with Gasteiger partial charge in [0.05, 0.1) is 6.10 Å². The average molecular weight is 227 g/mol. The van der Waals surface area contributed by atoms with E-state index in [2.05, 4.69) is 4.99 Å². The molecule has 1 aliphatic heterocycles. The van der Waals surface area contributed by atoms with Crippen molar-refractivity contribution in [2.45, 2.75) is 32.1 Å². The summed E-state index contributed by atoms with van der Waals surface area (Å²) in [5, 5.41) is 8.64. The van der Waals surface area contributed by atoms with Crippen molar-refractivity contribution in [2.75, 3.05) is 7.05 Å². The fourth-order valence-electron chi connectivity index (χ4n) is 1.53. The van der Waals surface area contributed by atoms with Crippen molar-refractivity contribution >= 4 is 12.2 Å². The van der Waals surface area contributed by atoms with Crippen LogP contribution in [-0.2, 0) is 9.53 Å². The molecule has 1 saturated heterocycles. The zero-order chi connectivity index (χ0) is 12.0. The van der Waals surface area contributed by atoms with Crippen molar-refractivity contribution in [3.8, 4) is 0 Å². The molecule has 6 nitrogen and oxygen atoms in total. The summed E-state index contributed by atoms with van der Waals surface area (Å²) in [5.41, 5.74) is 1.82. The number of aliphatic imine (C=N–C) groups is 1. The summed E-state index contributed by atoms with van der Waals surface area (Å²) in [6.45, 7) is 2.03. The summed E-state index contributed by atoms with van der Waals surface area (Å²) in [5.74, 6) is 0.0906. The van der Waals surface area contributed by atoms with E-state index in [1.807, 2.05) is 24.4 Å². The largest absolute Gasteiger partial charge is 0.355 e. The molecule has 0 aromatic heterocycles. The number of carbonyl (C=O) groups is 1. The number of hydrogen-bond donors (Lipinski definition) is 2. The smallest absolute Gasteiger partial charge is 0.234 e. The Labute approximate surface area is 94.6 Å². The lowest BCUT2D eigenvalue weighted by Crippen LogP contribution is -2.27. The van der Waals surface area contributed by atoms with E-state index in [0.29, 0.717) is 6.41 Å². The number of hydrogen-bond acceptors (Lipinski definition) is 4. The van der Waals surface area contributed by atoms with Crippen LogP contribution in [-0.4, -0.2) is 41.7 Å². The predicted octanol–water partition coefficient (Wildman–Crippen LogP) is 0.491. The van der Waals surface area contributed by atoms with Gasteiger partial charge < -0.3 is 9.64 Å². The van der Waals surface area contributed by atoms with E-state index in [9.17, 15) is 4.79 Å². The number of ether oxygens (including phenoxy) is 1. The van der Waals surface area contributed by atoms with Gasteiger partial charge in [0.1, 0.15) is 6.23 Å². The quantitative estimate of drug-likeness (QED) is 0.316. The molecule has 1 rings (SSSR count). The lowest BCUT2D eigenvalue weighted by Gasteiger charge is -2.22. The second-order valence-corrected chi connectivity index (χ2v) is 3.69. The van der Waals surface area contributed by atoms with Gasteiger partial charge >= 0.3 is 0 Å². The molecule has 0 aromatic rings. The molecule has 1 fully saturated rings. The van der Waals surface area contributed by atoms with E-state index >= 15 is 0 Å². The molecule has 1 aliphatic rings. The van der Waals surface area contributed by atoms with Gasteiger partial charge in [0, 0.05) is 13.2 Å². The van der Waals surface area contributed by atoms with Gasteiger partial charge in [-0.3, -0.25) is 15.5 Å². The standard InChI is InChI=1S/C10H17N3O3/c1-8-3-4-10(16-8)13(2)6-5-9(12-15)11-7-14/h5-8,10,15H,3-4H2,1-2H3,(H,11,12,14)/b6-5-. The van der Waals surface area contributed by atoms with Crippen LogP contribution >= 0.6 is 0 Å². The fraction of sp³-hybridized carbons (Fsp3) is 0.600. The first-order valence-corrected chi connectivity index (χ1v) is 5.14. The van der Waals surface area contributed by atoms with Gasteiger partial charge in [-0.1, -0.05) is 0 Å². The van der Waals surface area contributed by atoms with Crippen LogP contribution in [0.5, 0.6) is 0 Å². The van der Waals surface area contributed by atoms with Gasteiger partial charge in [0.2, 0.25) is 6.41 Å². The highest BCUT2D eigenvalue weighted by molar-refractivity contribution is 5.95. The number of carbonyl (C=O) groups excluding carboxylic acids is 1. The van der Waals surface area contributed by atoms with E-state index in [0.717, 1.165) is 12.8 Å². The normalized spacial score (nSPS) is 26.1. The zero-order valence-corrected chi connectivity index (χ0v) is 9.46. The van der Waals surface area contributed by atoms with Crippen LogP contribution in [0, 0.1) is 0 Å². The number of rotatable bonds is 4. The predicted molar refractivity (Wildman–Crippen MR) is 58.9 cm³/mol. The van der Waals surface area contributed by atoms with E-state index in [1.165, 1.54) is 6.08 Å². The number of nitrogens with one attached hydrogen (secondary N) is 1. The Morgan fingerprint density at radius 2 is 2.38 bits per heavy atom. The Bertz CT molecular complexity index is 291. The van der Waals surface area contributed by atoms with Gasteiger partial charge in [0.15, 0.2) is 5.84 Å². The van der Waals surface area contributed by atoms with Crippen LogP contribution in [0.4, 0.5) is 0 Å². The van der Waals surface area contributed by atoms with Crippen LogP contribution in [0.1, 0.15) is 19.8 Å². The lowest BCUT2D eigenvalue weighted by atomic mass is 10.2. The first kappa shape index (κ1) is 12.7. The van der Waals surface area contributed by atoms with Gasteiger partial charge in [-0.05, 0) is 25.8 Å². The summed E-state index contributed by atoms with van der Waals surface area (Å²) in [4.78, 5) is 15.4. The highest BCUT2D eigenvalue weighted by Crippen LogP contribution is 2.21. The summed E-state index contributed by atoms with van der Waals surface area (Å²) in [6.07, 6.45) is 5.89. The average Bonchev–Trinajstić information content (AvgIpc) is 2.70. The van der Waals surface area contributed by atoms with Gasteiger partial charge in [0.25, 0.3) is 0 Å². The Morgan fingerprint density at radius 3 is 2.88 bits per heavy atom. The van der Waals surface area contributed by atoms with Crippen LogP contribution in [0.3, 0.4) is 0 Å². The third-order valence-corrected chi connectivity index (χ3v) is 2.44. The third-order valence-electron chi connectivity index (χ3n) is 2.44. The molecular weight excluding hydrogens is 210 g/mol. The van der Waals surface area contributed by atoms with Crippen LogP contribution in [0.25, 0.3) is 0 Å². The fourth-order valence-corrected chi connectivity index (χ4v) is 1.53. The van der Waals surface area contributed by atoms with Gasteiger partial charge in [-0.25, -0.2) is 0 Å². The molecule has 0 aromatic carbocycles. The lowest BCUT2D eigenvalue weighted by molar-refractivity contribution is -0.106. The monoisotopic (exact) mass is 227 g/mol. The molecule has 1 amide bonds. The maximum atomic E-state index is 10.1. The van der Waals surface area contributed by atoms with E-state index in [1.54, 1.807) is 6.20 Å². The van der Waals surface area contributed by atoms with Crippen molar-refractivity contribution in [3.63, 3.8) is 0 Å². The topological polar surface area (TPSA) is 74.2 Å². The maximum absolute atomic E-state index is 10.1. The molecule has 6 heteroatoms. The van der Waals surface area contributed by atoms with E-state index in [-0.39, 0.29) is 18.2 Å². The SMILES string of the molecule is CC1CCC(N(C)/C=C\C(=N/C=O)NO)O1. The van der Waals surface area contributed by atoms with Crippen molar-refractivity contribution in [1.82, 2.24) is 10.4 Å². The molecule has 0 radical (unpaired) electrons. The maximum Gasteiger partial charge on any atom is 0.234 e. The third kappa shape index (κ3) is 3.63. The molecule has 0 spiro atoms. The second kappa shape index (κ2) is 6.24.